The molecule has 0 saturated heterocycles. The predicted octanol–water partition coefficient (Wildman–Crippen LogP) is 5.00. The fourth-order valence-corrected chi connectivity index (χ4v) is 3.82. The zero-order valence-corrected chi connectivity index (χ0v) is 14.3. The van der Waals surface area contributed by atoms with E-state index in [0.717, 1.165) is 29.8 Å². The SMILES string of the molecule is CCCOc1ccccc1C(NCC)c1sccc1Br. The molecule has 0 spiro atoms. The minimum absolute atomic E-state index is 0.169. The Morgan fingerprint density at radius 2 is 2.05 bits per heavy atom. The Kier molecular flexibility index (Phi) is 6.07. The molecule has 2 nitrogen and oxygen atoms in total. The van der Waals surface area contributed by atoms with Crippen LogP contribution in [0.15, 0.2) is 40.2 Å². The van der Waals surface area contributed by atoms with Gasteiger partial charge in [-0.1, -0.05) is 32.0 Å². The molecule has 0 saturated carbocycles. The molecular weight excluding hydrogens is 334 g/mol. The molecule has 4 heteroatoms. The summed E-state index contributed by atoms with van der Waals surface area (Å²) in [4.78, 5) is 1.29. The first-order chi connectivity index (χ1) is 9.77. The maximum atomic E-state index is 5.90. The molecule has 1 unspecified atom stereocenters. The van der Waals surface area contributed by atoms with Gasteiger partial charge in [-0.3, -0.25) is 0 Å². The van der Waals surface area contributed by atoms with E-state index in [1.165, 1.54) is 10.4 Å². The molecule has 1 aromatic heterocycles. The van der Waals surface area contributed by atoms with Gasteiger partial charge in [0.2, 0.25) is 0 Å². The van der Waals surface area contributed by atoms with Gasteiger partial charge < -0.3 is 10.1 Å². The molecule has 1 heterocycles. The van der Waals surface area contributed by atoms with E-state index in [9.17, 15) is 0 Å². The van der Waals surface area contributed by atoms with Gasteiger partial charge in [0, 0.05) is 14.9 Å². The van der Waals surface area contributed by atoms with Gasteiger partial charge in [0.25, 0.3) is 0 Å². The van der Waals surface area contributed by atoms with Gasteiger partial charge in [-0.15, -0.1) is 11.3 Å². The van der Waals surface area contributed by atoms with Crippen LogP contribution in [-0.2, 0) is 0 Å². The number of halogens is 1. The molecule has 1 atom stereocenters. The first kappa shape index (κ1) is 15.5. The van der Waals surface area contributed by atoms with E-state index < -0.39 is 0 Å². The maximum Gasteiger partial charge on any atom is 0.124 e. The smallest absolute Gasteiger partial charge is 0.124 e. The molecule has 0 aliphatic rings. The first-order valence-electron chi connectivity index (χ1n) is 6.95. The van der Waals surface area contributed by atoms with Crippen molar-refractivity contribution in [3.63, 3.8) is 0 Å². The van der Waals surface area contributed by atoms with Crippen LogP contribution in [-0.4, -0.2) is 13.2 Å². The fraction of sp³-hybridized carbons (Fsp3) is 0.375. The lowest BCUT2D eigenvalue weighted by Crippen LogP contribution is -2.22. The normalized spacial score (nSPS) is 12.3. The van der Waals surface area contributed by atoms with Crippen molar-refractivity contribution < 1.29 is 4.74 Å². The van der Waals surface area contributed by atoms with Crippen molar-refractivity contribution in [1.82, 2.24) is 5.32 Å². The van der Waals surface area contributed by atoms with Crippen LogP contribution in [0.2, 0.25) is 0 Å². The lowest BCUT2D eigenvalue weighted by molar-refractivity contribution is 0.312. The summed E-state index contributed by atoms with van der Waals surface area (Å²) in [5, 5.41) is 5.67. The molecule has 2 aromatic rings. The Morgan fingerprint density at radius 3 is 2.70 bits per heavy atom. The van der Waals surface area contributed by atoms with Crippen LogP contribution in [0.1, 0.15) is 36.8 Å². The second kappa shape index (κ2) is 7.81. The molecule has 1 aromatic carbocycles. The van der Waals surface area contributed by atoms with E-state index in [2.05, 4.69) is 64.7 Å². The number of ether oxygens (including phenoxy) is 1. The number of para-hydroxylation sites is 1. The van der Waals surface area contributed by atoms with Crippen LogP contribution >= 0.6 is 27.3 Å². The lowest BCUT2D eigenvalue weighted by atomic mass is 10.0. The third kappa shape index (κ3) is 3.62. The standard InChI is InChI=1S/C16H20BrNOS/c1-3-10-19-14-8-6-5-7-12(14)15(18-4-2)16-13(17)9-11-20-16/h5-9,11,15,18H,3-4,10H2,1-2H3. The van der Waals surface area contributed by atoms with E-state index in [1.54, 1.807) is 11.3 Å². The van der Waals surface area contributed by atoms with Crippen LogP contribution < -0.4 is 10.1 Å². The quantitative estimate of drug-likeness (QED) is 0.756. The highest BCUT2D eigenvalue weighted by molar-refractivity contribution is 9.10. The highest BCUT2D eigenvalue weighted by Crippen LogP contribution is 2.36. The highest BCUT2D eigenvalue weighted by atomic mass is 79.9. The van der Waals surface area contributed by atoms with Gasteiger partial charge in [0.1, 0.15) is 5.75 Å². The molecule has 0 aliphatic carbocycles. The number of thiophene rings is 1. The number of hydrogen-bond acceptors (Lipinski definition) is 3. The molecule has 0 fully saturated rings. The predicted molar refractivity (Wildman–Crippen MR) is 89.8 cm³/mol. The number of hydrogen-bond donors (Lipinski definition) is 1. The summed E-state index contributed by atoms with van der Waals surface area (Å²) >= 11 is 5.40. The Bertz CT molecular complexity index is 541. The van der Waals surface area contributed by atoms with E-state index in [0.29, 0.717) is 0 Å². The zero-order chi connectivity index (χ0) is 14.4. The summed E-state index contributed by atoms with van der Waals surface area (Å²) in [5.41, 5.74) is 1.20. The van der Waals surface area contributed by atoms with Crippen molar-refractivity contribution in [2.45, 2.75) is 26.3 Å². The second-order valence-electron chi connectivity index (χ2n) is 4.51. The monoisotopic (exact) mass is 353 g/mol. The largest absolute Gasteiger partial charge is 0.493 e. The Labute approximate surface area is 133 Å². The fourth-order valence-electron chi connectivity index (χ4n) is 2.12. The van der Waals surface area contributed by atoms with Crippen LogP contribution in [0, 0.1) is 0 Å². The van der Waals surface area contributed by atoms with Crippen molar-refractivity contribution in [3.05, 3.63) is 50.6 Å². The minimum Gasteiger partial charge on any atom is -0.493 e. The molecular formula is C16H20BrNOS. The minimum atomic E-state index is 0.169. The van der Waals surface area contributed by atoms with Crippen molar-refractivity contribution in [2.75, 3.05) is 13.2 Å². The van der Waals surface area contributed by atoms with E-state index in [4.69, 9.17) is 4.74 Å². The average molecular weight is 354 g/mol. The Balaban J connectivity index is 2.36. The van der Waals surface area contributed by atoms with Crippen molar-refractivity contribution >= 4 is 27.3 Å². The summed E-state index contributed by atoms with van der Waals surface area (Å²) in [6.07, 6.45) is 1.02. The molecule has 0 radical (unpaired) electrons. The lowest BCUT2D eigenvalue weighted by Gasteiger charge is -2.21. The zero-order valence-electron chi connectivity index (χ0n) is 11.9. The molecule has 2 rings (SSSR count). The summed E-state index contributed by atoms with van der Waals surface area (Å²) < 4.78 is 7.05. The molecule has 108 valence electrons. The summed E-state index contributed by atoms with van der Waals surface area (Å²) in [5.74, 6) is 0.973. The third-order valence-corrected chi connectivity index (χ3v) is 4.94. The molecule has 0 aliphatic heterocycles. The summed E-state index contributed by atoms with van der Waals surface area (Å²) in [6.45, 7) is 5.92. The Morgan fingerprint density at radius 1 is 1.25 bits per heavy atom. The second-order valence-corrected chi connectivity index (χ2v) is 6.31. The van der Waals surface area contributed by atoms with Gasteiger partial charge >= 0.3 is 0 Å². The van der Waals surface area contributed by atoms with Crippen molar-refractivity contribution in [3.8, 4) is 5.75 Å². The van der Waals surface area contributed by atoms with E-state index >= 15 is 0 Å². The van der Waals surface area contributed by atoms with Crippen LogP contribution in [0.5, 0.6) is 5.75 Å². The topological polar surface area (TPSA) is 21.3 Å². The maximum absolute atomic E-state index is 5.90. The summed E-state index contributed by atoms with van der Waals surface area (Å²) in [6, 6.07) is 10.6. The first-order valence-corrected chi connectivity index (χ1v) is 8.63. The van der Waals surface area contributed by atoms with Gasteiger partial charge in [0.05, 0.1) is 12.6 Å². The number of rotatable bonds is 7. The molecule has 0 bridgehead atoms. The van der Waals surface area contributed by atoms with E-state index in [1.807, 2.05) is 6.07 Å². The third-order valence-electron chi connectivity index (χ3n) is 3.01. The Hall–Kier alpha value is -0.840. The van der Waals surface area contributed by atoms with Crippen molar-refractivity contribution in [1.29, 1.82) is 0 Å². The van der Waals surface area contributed by atoms with Crippen molar-refractivity contribution in [2.24, 2.45) is 0 Å². The van der Waals surface area contributed by atoms with E-state index in [-0.39, 0.29) is 6.04 Å². The van der Waals surface area contributed by atoms with Gasteiger partial charge in [-0.2, -0.15) is 0 Å². The van der Waals surface area contributed by atoms with Crippen LogP contribution in [0.4, 0.5) is 0 Å². The molecule has 1 N–H and O–H groups in total. The summed E-state index contributed by atoms with van der Waals surface area (Å²) in [7, 11) is 0. The highest BCUT2D eigenvalue weighted by Gasteiger charge is 2.20. The van der Waals surface area contributed by atoms with Crippen LogP contribution in [0.25, 0.3) is 0 Å². The molecule has 0 amide bonds. The molecule has 20 heavy (non-hydrogen) atoms. The van der Waals surface area contributed by atoms with Gasteiger partial charge in [-0.05, 0) is 46.4 Å². The van der Waals surface area contributed by atoms with Crippen LogP contribution in [0.3, 0.4) is 0 Å². The van der Waals surface area contributed by atoms with Gasteiger partial charge in [-0.25, -0.2) is 0 Å². The van der Waals surface area contributed by atoms with Gasteiger partial charge in [0.15, 0.2) is 0 Å². The number of nitrogens with one attached hydrogen (secondary N) is 1. The number of benzene rings is 1. The average Bonchev–Trinajstić information content (AvgIpc) is 2.89.